The molecule has 0 saturated heterocycles. The van der Waals surface area contributed by atoms with Crippen LogP contribution in [-0.4, -0.2) is 130 Å². The lowest BCUT2D eigenvalue weighted by atomic mass is 9.42. The number of benzene rings is 4. The van der Waals surface area contributed by atoms with Crippen molar-refractivity contribution >= 4 is 71.0 Å². The highest BCUT2D eigenvalue weighted by Crippen LogP contribution is 2.66. The number of carbonyl (C=O) groups excluding carboxylic acids is 12. The number of esters is 2. The molecule has 20 heteroatoms. The molecule has 20 nitrogen and oxygen atoms in total. The van der Waals surface area contributed by atoms with Crippen LogP contribution in [0.1, 0.15) is 499 Å². The summed E-state index contributed by atoms with van der Waals surface area (Å²) in [6.45, 7) is 10.4. The average Bonchev–Trinajstić information content (AvgIpc) is 0.806. The summed E-state index contributed by atoms with van der Waals surface area (Å²) < 4.78 is 11.9. The Bertz CT molecular complexity index is 4550. The standard InChI is InChI=1S/C124H178N6O14/c1-5-9-13-17-29-41-53-103-93(49-37-15-11-7-3)57-59-95(51-39-27-21-25-35-47-79-127-113(133)73-74-114(127)134)105(103)55-43-31-19-23-33-45-77-125-111(131)88-129-117(137)107-71-61-97(82-109(107)119(129)139)121(141)143-101-67-63-99(64-68-101)123-84-91-81-92(85-123)87-124(86-91,90-123)100-65-69-102(70-66-100)144-122(142)98-62-72-108-110(83-98)120(140)130(118(108)138)89-112(132)126-78-46-34-24-20-32-44-56-106-96(52-40-28-22-26-36-48-80-128-115(135)75-76-116(128)136)60-58-94(50-38-16-12-8-4)104(106)54-42-30-18-14-10-6-2/h61-76,82-83,91-96,103-106H,5-60,77-81,84-90H2,1-4H3,(H,125,131)(H,126,132). The molecule has 8 unspecified atom stereocenters. The topological polar surface area (TPSA) is 260 Å². The zero-order chi connectivity index (χ0) is 101. The number of hydrogen-bond donors (Lipinski definition) is 2. The van der Waals surface area contributed by atoms with Gasteiger partial charge in [0.2, 0.25) is 11.8 Å². The van der Waals surface area contributed by atoms with Crippen LogP contribution < -0.4 is 20.1 Å². The SMILES string of the molecule is CCCCCCCCC1C(CCCCCC)CCC(CCCCCCCCN2C(=O)C=CC2=O)C1CCCCCCCCNC(=O)CN1C(=O)c2ccc(C(=O)Oc3ccc(C45CC6CC(C4)CC(c4ccc(OC(=O)c7ccc8c(c7)C(=O)N(CC(=O)NCCCCCCCCC7C(CCCCCCCCN9C(=O)C=CC9=O)CCC(CCCCCC)C7CCCCCCCC)C8=O)cc4)(C6)C5)cc3)cc2C1=O. The Morgan fingerprint density at radius 2 is 0.562 bits per heavy atom. The molecule has 10 amide bonds. The molecule has 788 valence electrons. The van der Waals surface area contributed by atoms with Crippen LogP contribution in [0.2, 0.25) is 0 Å². The summed E-state index contributed by atoms with van der Waals surface area (Å²) in [5.74, 6) is 3.04. The fourth-order valence-corrected chi connectivity index (χ4v) is 27.8. The molecule has 0 spiro atoms. The molecule has 4 aromatic carbocycles. The lowest BCUT2D eigenvalue weighted by molar-refractivity contribution is -0.138. The number of hydrogen-bond acceptors (Lipinski definition) is 14. The molecule has 6 fully saturated rings. The molecular weight excluding hydrogens is 1800 g/mol. The van der Waals surface area contributed by atoms with Crippen LogP contribution in [0.3, 0.4) is 0 Å². The van der Waals surface area contributed by atoms with Gasteiger partial charge in [0.1, 0.15) is 24.6 Å². The second kappa shape index (κ2) is 58.5. The van der Waals surface area contributed by atoms with Crippen LogP contribution in [-0.2, 0) is 39.6 Å². The highest BCUT2D eigenvalue weighted by Gasteiger charge is 2.59. The monoisotopic (exact) mass is 1980 g/mol. The number of fused-ring (bicyclic) bond motifs is 2. The molecule has 0 radical (unpaired) electrons. The summed E-state index contributed by atoms with van der Waals surface area (Å²) in [6.07, 6.45) is 81.7. The molecule has 14 rings (SSSR count). The second-order valence-corrected chi connectivity index (χ2v) is 45.6. The van der Waals surface area contributed by atoms with E-state index in [1.54, 1.807) is 0 Å². The first-order valence-electron chi connectivity index (χ1n) is 58.5. The van der Waals surface area contributed by atoms with Crippen molar-refractivity contribution < 1.29 is 67.0 Å². The van der Waals surface area contributed by atoms with Gasteiger partial charge in [-0.2, -0.15) is 0 Å². The molecule has 8 atom stereocenters. The Morgan fingerprint density at radius 3 is 0.868 bits per heavy atom. The van der Waals surface area contributed by atoms with Gasteiger partial charge in [0, 0.05) is 50.5 Å². The highest BCUT2D eigenvalue weighted by molar-refractivity contribution is 6.24. The van der Waals surface area contributed by atoms with Crippen LogP contribution in [0.15, 0.2) is 109 Å². The fraction of sp³-hybridized carbons (Fsp3) is 0.677. The van der Waals surface area contributed by atoms with Crippen molar-refractivity contribution in [2.45, 2.75) is 437 Å². The number of amides is 10. The van der Waals surface area contributed by atoms with E-state index in [1.807, 2.05) is 24.3 Å². The van der Waals surface area contributed by atoms with E-state index in [0.29, 0.717) is 49.5 Å². The summed E-state index contributed by atoms with van der Waals surface area (Å²) in [7, 11) is 0. The van der Waals surface area contributed by atoms with Crippen molar-refractivity contribution in [3.8, 4) is 11.5 Å². The van der Waals surface area contributed by atoms with Crippen molar-refractivity contribution in [1.82, 2.24) is 30.2 Å². The third-order valence-corrected chi connectivity index (χ3v) is 35.2. The molecule has 4 aromatic rings. The summed E-state index contributed by atoms with van der Waals surface area (Å²) in [5.41, 5.74) is 2.82. The first kappa shape index (κ1) is 112. The van der Waals surface area contributed by atoms with Crippen molar-refractivity contribution in [3.63, 3.8) is 0 Å². The fourth-order valence-electron chi connectivity index (χ4n) is 27.8. The maximum absolute atomic E-state index is 13.9. The van der Waals surface area contributed by atoms with E-state index >= 15 is 0 Å². The Morgan fingerprint density at radius 1 is 0.299 bits per heavy atom. The molecule has 144 heavy (non-hydrogen) atoms. The molecular formula is C124H178N6O14. The van der Waals surface area contributed by atoms with Crippen LogP contribution in [0, 0.1) is 59.2 Å². The summed E-state index contributed by atoms with van der Waals surface area (Å²) in [5, 5.41) is 5.93. The summed E-state index contributed by atoms with van der Waals surface area (Å²) in [6, 6.07) is 24.4. The number of unbranched alkanes of at least 4 members (excludes halogenated alkanes) is 36. The van der Waals surface area contributed by atoms with Gasteiger partial charge in [0.05, 0.1) is 33.4 Å². The van der Waals surface area contributed by atoms with Crippen molar-refractivity contribution in [3.05, 3.63) is 154 Å². The number of nitrogens with zero attached hydrogens (tertiary/aromatic N) is 4. The Labute approximate surface area is 863 Å². The molecule has 6 aliphatic carbocycles. The number of rotatable bonds is 70. The molecule has 4 bridgehead atoms. The van der Waals surface area contributed by atoms with Gasteiger partial charge in [0.25, 0.3) is 47.3 Å². The maximum atomic E-state index is 13.9. The van der Waals surface area contributed by atoms with Gasteiger partial charge in [-0.1, -0.05) is 334 Å². The van der Waals surface area contributed by atoms with Crippen LogP contribution >= 0.6 is 0 Å². The van der Waals surface area contributed by atoms with E-state index in [2.05, 4.69) is 62.6 Å². The first-order valence-corrected chi connectivity index (χ1v) is 58.5. The summed E-state index contributed by atoms with van der Waals surface area (Å²) in [4.78, 5) is 162. The second-order valence-electron chi connectivity index (χ2n) is 45.6. The van der Waals surface area contributed by atoms with Crippen LogP contribution in [0.5, 0.6) is 11.5 Å². The minimum absolute atomic E-state index is 0.0617. The van der Waals surface area contributed by atoms with Gasteiger partial charge in [0.15, 0.2) is 0 Å². The van der Waals surface area contributed by atoms with Gasteiger partial charge in [-0.25, -0.2) is 9.59 Å². The summed E-state index contributed by atoms with van der Waals surface area (Å²) >= 11 is 0. The van der Waals surface area contributed by atoms with Crippen molar-refractivity contribution in [2.24, 2.45) is 59.2 Å². The average molecular weight is 1980 g/mol. The minimum atomic E-state index is -0.670. The van der Waals surface area contributed by atoms with Crippen molar-refractivity contribution in [1.29, 1.82) is 0 Å². The Hall–Kier alpha value is -9.20. The largest absolute Gasteiger partial charge is 0.423 e. The molecule has 4 heterocycles. The number of carbonyl (C=O) groups is 12. The van der Waals surface area contributed by atoms with Gasteiger partial charge < -0.3 is 20.1 Å². The van der Waals surface area contributed by atoms with E-state index < -0.39 is 60.5 Å². The molecule has 0 aromatic heterocycles. The zero-order valence-corrected chi connectivity index (χ0v) is 88.8. The third kappa shape index (κ3) is 31.9. The minimum Gasteiger partial charge on any atom is -0.423 e. The number of ether oxygens (including phenoxy) is 2. The molecule has 10 aliphatic rings. The molecule has 4 aliphatic heterocycles. The normalized spacial score (nSPS) is 23.1. The quantitative estimate of drug-likeness (QED) is 0.0180. The Balaban J connectivity index is 0.509. The highest BCUT2D eigenvalue weighted by atomic mass is 16.5. The van der Waals surface area contributed by atoms with E-state index in [0.717, 1.165) is 179 Å². The lowest BCUT2D eigenvalue weighted by Crippen LogP contribution is -2.55. The molecule has 6 saturated carbocycles. The van der Waals surface area contributed by atoms with Gasteiger partial charge in [-0.05, 0) is 257 Å². The Kier molecular flexibility index (Phi) is 45.5. The van der Waals surface area contributed by atoms with E-state index in [1.165, 1.54) is 358 Å². The van der Waals surface area contributed by atoms with Gasteiger partial charge in [-0.3, -0.25) is 67.5 Å². The predicted molar refractivity (Wildman–Crippen MR) is 571 cm³/mol. The predicted octanol–water partition coefficient (Wildman–Crippen LogP) is 28.1. The van der Waals surface area contributed by atoms with Gasteiger partial charge >= 0.3 is 11.9 Å². The third-order valence-electron chi connectivity index (χ3n) is 35.2. The van der Waals surface area contributed by atoms with E-state index in [-0.39, 0.29) is 67.8 Å². The molecule has 2 N–H and O–H groups in total. The first-order chi connectivity index (χ1) is 70.2. The van der Waals surface area contributed by atoms with Crippen molar-refractivity contribution in [2.75, 3.05) is 39.3 Å². The maximum Gasteiger partial charge on any atom is 0.343 e. The van der Waals surface area contributed by atoms with Crippen LogP contribution in [0.4, 0.5) is 0 Å². The van der Waals surface area contributed by atoms with E-state index in [4.69, 9.17) is 9.47 Å². The number of imide groups is 4. The van der Waals surface area contributed by atoms with Gasteiger partial charge in [-0.15, -0.1) is 0 Å². The zero-order valence-electron chi connectivity index (χ0n) is 88.8. The van der Waals surface area contributed by atoms with E-state index in [9.17, 15) is 57.5 Å². The van der Waals surface area contributed by atoms with Crippen LogP contribution in [0.25, 0.3) is 0 Å². The lowest BCUT2D eigenvalue weighted by Gasteiger charge is -2.62. The number of nitrogens with one attached hydrogen (secondary N) is 2. The smallest absolute Gasteiger partial charge is 0.343 e.